The highest BCUT2D eigenvalue weighted by atomic mass is 32.2. The first kappa shape index (κ1) is 22.6. The van der Waals surface area contributed by atoms with E-state index in [-0.39, 0.29) is 40.5 Å². The van der Waals surface area contributed by atoms with E-state index in [1.54, 1.807) is 24.3 Å². The number of aromatic carboxylic acids is 1. The number of carboxylic acids is 1. The number of hydrogen-bond acceptors (Lipinski definition) is 5. The first-order valence-corrected chi connectivity index (χ1v) is 12.4. The van der Waals surface area contributed by atoms with Crippen LogP contribution in [0.3, 0.4) is 0 Å². The van der Waals surface area contributed by atoms with Crippen molar-refractivity contribution in [1.82, 2.24) is 0 Å². The molecule has 0 spiro atoms. The number of carbonyl (C=O) groups is 2. The number of aliphatic hydroxyl groups excluding tert-OH is 2. The Labute approximate surface area is 187 Å². The van der Waals surface area contributed by atoms with Gasteiger partial charge >= 0.3 is 5.97 Å². The number of rotatable bonds is 10. The van der Waals surface area contributed by atoms with Crippen LogP contribution in [0, 0.1) is 17.3 Å². The van der Waals surface area contributed by atoms with Gasteiger partial charge in [0.05, 0.1) is 23.0 Å². The lowest BCUT2D eigenvalue weighted by Crippen LogP contribution is -2.41. The Kier molecular flexibility index (Phi) is 6.89. The van der Waals surface area contributed by atoms with Crippen LogP contribution in [0.2, 0.25) is 0 Å². The maximum atomic E-state index is 12.5. The topological polar surface area (TPSA) is 94.8 Å². The smallest absolute Gasteiger partial charge is 0.335 e. The van der Waals surface area contributed by atoms with E-state index in [0.717, 1.165) is 30.7 Å². The van der Waals surface area contributed by atoms with Gasteiger partial charge in [-0.25, -0.2) is 4.79 Å². The van der Waals surface area contributed by atoms with Gasteiger partial charge in [-0.15, -0.1) is 11.8 Å². The quantitative estimate of drug-likeness (QED) is 0.468. The number of carbonyl (C=O) groups excluding carboxylic acids is 1. The Bertz CT molecular complexity index is 825. The molecule has 3 fully saturated rings. The lowest BCUT2D eigenvalue weighted by atomic mass is 9.61. The van der Waals surface area contributed by atoms with Crippen molar-refractivity contribution < 1.29 is 24.9 Å². The molecule has 0 aromatic heterocycles. The summed E-state index contributed by atoms with van der Waals surface area (Å²) in [6.45, 7) is 0. The van der Waals surface area contributed by atoms with Gasteiger partial charge in [0, 0.05) is 18.1 Å². The molecule has 1 aromatic carbocycles. The minimum absolute atomic E-state index is 0.0547. The van der Waals surface area contributed by atoms with Crippen LogP contribution >= 0.6 is 11.8 Å². The summed E-state index contributed by atoms with van der Waals surface area (Å²) in [5.41, 5.74) is 1.28. The van der Waals surface area contributed by atoms with E-state index < -0.39 is 12.1 Å². The molecule has 0 aliphatic heterocycles. The van der Waals surface area contributed by atoms with Crippen molar-refractivity contribution in [3.05, 3.63) is 47.5 Å². The molecule has 0 heterocycles. The summed E-state index contributed by atoms with van der Waals surface area (Å²) in [5, 5.41) is 30.0. The van der Waals surface area contributed by atoms with Crippen molar-refractivity contribution in [3.63, 3.8) is 0 Å². The van der Waals surface area contributed by atoms with Gasteiger partial charge in [-0.05, 0) is 54.7 Å². The fraction of sp³-hybridized carbons (Fsp3) is 0.600. The van der Waals surface area contributed by atoms with Gasteiger partial charge in [-0.3, -0.25) is 4.79 Å². The molecule has 6 heteroatoms. The summed E-state index contributed by atoms with van der Waals surface area (Å²) in [6, 6.07) is 6.68. The maximum absolute atomic E-state index is 12.5. The highest BCUT2D eigenvalue weighted by molar-refractivity contribution is 7.99. The van der Waals surface area contributed by atoms with Crippen molar-refractivity contribution in [2.24, 2.45) is 17.3 Å². The van der Waals surface area contributed by atoms with Gasteiger partial charge in [0.15, 0.2) is 0 Å². The molecule has 1 unspecified atom stereocenters. The second kappa shape index (κ2) is 9.47. The normalized spacial score (nSPS) is 28.6. The van der Waals surface area contributed by atoms with Crippen molar-refractivity contribution in [2.75, 3.05) is 0 Å². The minimum Gasteiger partial charge on any atom is -0.478 e. The molecule has 168 valence electrons. The molecule has 3 N–H and O–H groups in total. The Balaban J connectivity index is 1.33. The van der Waals surface area contributed by atoms with Crippen LogP contribution in [0.1, 0.15) is 67.3 Å². The van der Waals surface area contributed by atoms with E-state index in [4.69, 9.17) is 5.11 Å². The zero-order chi connectivity index (χ0) is 22.0. The van der Waals surface area contributed by atoms with Crippen LogP contribution in [-0.2, 0) is 10.5 Å². The molecule has 3 saturated carbocycles. The van der Waals surface area contributed by atoms with Crippen molar-refractivity contribution in [1.29, 1.82) is 0 Å². The van der Waals surface area contributed by atoms with E-state index in [9.17, 15) is 19.8 Å². The Hall–Kier alpha value is -1.63. The minimum atomic E-state index is -0.957. The monoisotopic (exact) mass is 444 g/mol. The second-order valence-electron chi connectivity index (χ2n) is 9.59. The summed E-state index contributed by atoms with van der Waals surface area (Å²) < 4.78 is 0. The van der Waals surface area contributed by atoms with Crippen LogP contribution in [0.25, 0.3) is 0 Å². The number of thioether (sulfide) groups is 1. The van der Waals surface area contributed by atoms with Crippen LogP contribution in [-0.4, -0.2) is 44.5 Å². The molecule has 4 atom stereocenters. The predicted octanol–water partition coefficient (Wildman–Crippen LogP) is 4.21. The molecular formula is C25H32O5S. The standard InChI is InChI=1S/C25H32O5S/c26-20-13-21(27)23(31-15-17-7-9-18(10-8-17)24(29)30)19(20)3-1-4-22(28)25(11-2-12-25)14-16-5-6-16/h1,3,7-10,16,19-20,22-23,26,28H,2,4-6,11-15H2,(H,29,30)/b3-1+/t19-,20+,22?,23+/m0/s1. The fourth-order valence-electron chi connectivity index (χ4n) is 5.05. The van der Waals surface area contributed by atoms with Gasteiger partial charge in [0.2, 0.25) is 0 Å². The lowest BCUT2D eigenvalue weighted by molar-refractivity contribution is -0.117. The Morgan fingerprint density at radius 3 is 2.52 bits per heavy atom. The predicted molar refractivity (Wildman–Crippen MR) is 121 cm³/mol. The molecule has 31 heavy (non-hydrogen) atoms. The Morgan fingerprint density at radius 2 is 1.94 bits per heavy atom. The van der Waals surface area contributed by atoms with Gasteiger partial charge in [0.25, 0.3) is 0 Å². The largest absolute Gasteiger partial charge is 0.478 e. The zero-order valence-electron chi connectivity index (χ0n) is 17.8. The van der Waals surface area contributed by atoms with Crippen molar-refractivity contribution in [3.8, 4) is 0 Å². The molecule has 5 nitrogen and oxygen atoms in total. The summed E-state index contributed by atoms with van der Waals surface area (Å²) in [6.07, 6.45) is 10.8. The van der Waals surface area contributed by atoms with Crippen LogP contribution in [0.5, 0.6) is 0 Å². The molecule has 3 aliphatic carbocycles. The number of hydrogen-bond donors (Lipinski definition) is 3. The maximum Gasteiger partial charge on any atom is 0.335 e. The number of carboxylic acid groups (broad SMARTS) is 1. The highest BCUT2D eigenvalue weighted by Crippen LogP contribution is 2.53. The summed E-state index contributed by atoms with van der Waals surface area (Å²) >= 11 is 1.50. The number of aliphatic hydroxyl groups is 2. The van der Waals surface area contributed by atoms with Crippen LogP contribution in [0.4, 0.5) is 0 Å². The number of benzene rings is 1. The molecule has 4 rings (SSSR count). The zero-order valence-corrected chi connectivity index (χ0v) is 18.6. The van der Waals surface area contributed by atoms with Gasteiger partial charge in [-0.1, -0.05) is 43.5 Å². The molecule has 0 amide bonds. The molecule has 3 aliphatic rings. The number of ketones is 1. The van der Waals surface area contributed by atoms with Crippen molar-refractivity contribution in [2.45, 2.75) is 74.6 Å². The third kappa shape index (κ3) is 5.24. The number of Topliss-reactive ketones (excluding diaryl/α,β-unsaturated/α-hetero) is 1. The molecular weight excluding hydrogens is 412 g/mol. The van der Waals surface area contributed by atoms with E-state index in [2.05, 4.69) is 0 Å². The van der Waals surface area contributed by atoms with E-state index in [1.165, 1.54) is 31.0 Å². The molecule has 0 saturated heterocycles. The lowest BCUT2D eigenvalue weighted by Gasteiger charge is -2.46. The summed E-state index contributed by atoms with van der Waals surface area (Å²) in [4.78, 5) is 23.4. The average molecular weight is 445 g/mol. The highest BCUT2D eigenvalue weighted by Gasteiger charge is 2.46. The second-order valence-corrected chi connectivity index (χ2v) is 10.7. The first-order chi connectivity index (χ1) is 14.9. The third-order valence-corrected chi connectivity index (χ3v) is 8.75. The summed E-state index contributed by atoms with van der Waals surface area (Å²) in [7, 11) is 0. The molecule has 0 bridgehead atoms. The van der Waals surface area contributed by atoms with E-state index >= 15 is 0 Å². The Morgan fingerprint density at radius 1 is 1.23 bits per heavy atom. The van der Waals surface area contributed by atoms with E-state index in [0.29, 0.717) is 12.2 Å². The summed E-state index contributed by atoms with van der Waals surface area (Å²) in [5.74, 6) is 0.239. The van der Waals surface area contributed by atoms with Crippen LogP contribution < -0.4 is 0 Å². The van der Waals surface area contributed by atoms with Crippen LogP contribution in [0.15, 0.2) is 36.4 Å². The van der Waals surface area contributed by atoms with Gasteiger partial charge in [0.1, 0.15) is 5.78 Å². The fourth-order valence-corrected chi connectivity index (χ4v) is 6.39. The van der Waals surface area contributed by atoms with Gasteiger partial charge < -0.3 is 15.3 Å². The SMILES string of the molecule is O=C(O)c1ccc(CS[C@H]2C(=O)C[C@@H](O)[C@@H]2/C=C/CC(O)C2(CC3CC3)CCC2)cc1. The first-order valence-electron chi connectivity index (χ1n) is 11.4. The van der Waals surface area contributed by atoms with E-state index in [1.807, 2.05) is 12.2 Å². The molecule has 0 radical (unpaired) electrons. The van der Waals surface area contributed by atoms with Crippen molar-refractivity contribution >= 4 is 23.5 Å². The molecule has 1 aromatic rings. The average Bonchev–Trinajstić information content (AvgIpc) is 3.49. The third-order valence-electron chi connectivity index (χ3n) is 7.32. The van der Waals surface area contributed by atoms with Gasteiger partial charge in [-0.2, -0.15) is 0 Å².